The summed E-state index contributed by atoms with van der Waals surface area (Å²) in [5.74, 6) is 0.851. The SMILES string of the molecule is CCNC(C)c1sc(-c2cc(Br)ccc2OC)nc1C. The lowest BCUT2D eigenvalue weighted by molar-refractivity contribution is 0.416. The molecule has 5 heteroatoms. The second-order valence-electron chi connectivity index (χ2n) is 4.59. The fourth-order valence-corrected chi connectivity index (χ4v) is 3.65. The lowest BCUT2D eigenvalue weighted by Crippen LogP contribution is -2.17. The van der Waals surface area contributed by atoms with Gasteiger partial charge in [-0.25, -0.2) is 4.98 Å². The van der Waals surface area contributed by atoms with E-state index in [1.165, 1.54) is 4.88 Å². The van der Waals surface area contributed by atoms with Gasteiger partial charge in [-0.15, -0.1) is 11.3 Å². The Kier molecular flexibility index (Phi) is 5.18. The predicted molar refractivity (Wildman–Crippen MR) is 88.6 cm³/mol. The fraction of sp³-hybridized carbons (Fsp3) is 0.400. The quantitative estimate of drug-likeness (QED) is 0.854. The minimum absolute atomic E-state index is 0.324. The van der Waals surface area contributed by atoms with Gasteiger partial charge in [0.25, 0.3) is 0 Å². The molecular formula is C15H19BrN2OS. The summed E-state index contributed by atoms with van der Waals surface area (Å²) < 4.78 is 6.47. The van der Waals surface area contributed by atoms with Crippen molar-refractivity contribution in [2.45, 2.75) is 26.8 Å². The van der Waals surface area contributed by atoms with Crippen molar-refractivity contribution in [2.24, 2.45) is 0 Å². The third-order valence-corrected chi connectivity index (χ3v) is 4.99. The van der Waals surface area contributed by atoms with Crippen LogP contribution in [0.1, 0.15) is 30.5 Å². The highest BCUT2D eigenvalue weighted by Gasteiger charge is 2.17. The van der Waals surface area contributed by atoms with E-state index in [2.05, 4.69) is 48.1 Å². The second-order valence-corrected chi connectivity index (χ2v) is 6.54. The molecule has 3 nitrogen and oxygen atoms in total. The van der Waals surface area contributed by atoms with E-state index >= 15 is 0 Å². The first kappa shape index (κ1) is 15.5. The molecule has 1 aromatic carbocycles. The summed E-state index contributed by atoms with van der Waals surface area (Å²) >= 11 is 5.24. The molecule has 1 atom stereocenters. The van der Waals surface area contributed by atoms with Gasteiger partial charge in [0, 0.05) is 15.4 Å². The van der Waals surface area contributed by atoms with E-state index in [1.54, 1.807) is 18.4 Å². The fourth-order valence-electron chi connectivity index (χ4n) is 2.17. The van der Waals surface area contributed by atoms with E-state index < -0.39 is 0 Å². The van der Waals surface area contributed by atoms with Gasteiger partial charge in [0.05, 0.1) is 18.4 Å². The smallest absolute Gasteiger partial charge is 0.129 e. The number of halogens is 1. The van der Waals surface area contributed by atoms with Crippen LogP contribution in [0.3, 0.4) is 0 Å². The molecule has 108 valence electrons. The minimum Gasteiger partial charge on any atom is -0.496 e. The first-order chi connectivity index (χ1) is 9.56. The standard InChI is InChI=1S/C15H19BrN2OS/c1-5-17-9(2)14-10(3)18-15(20-14)12-8-11(16)6-7-13(12)19-4/h6-9,17H,5H2,1-4H3. The lowest BCUT2D eigenvalue weighted by Gasteiger charge is -2.10. The largest absolute Gasteiger partial charge is 0.496 e. The number of rotatable bonds is 5. The maximum absolute atomic E-state index is 5.44. The zero-order chi connectivity index (χ0) is 14.7. The molecule has 1 N–H and O–H groups in total. The maximum atomic E-state index is 5.44. The van der Waals surface area contributed by atoms with Crippen LogP contribution >= 0.6 is 27.3 Å². The summed E-state index contributed by atoms with van der Waals surface area (Å²) in [6.07, 6.45) is 0. The number of nitrogens with zero attached hydrogens (tertiary/aromatic N) is 1. The average molecular weight is 355 g/mol. The number of thiazole rings is 1. The van der Waals surface area contributed by atoms with Gasteiger partial charge in [0.15, 0.2) is 0 Å². The zero-order valence-electron chi connectivity index (χ0n) is 12.2. The molecular weight excluding hydrogens is 336 g/mol. The Hall–Kier alpha value is -0.910. The molecule has 2 rings (SSSR count). The summed E-state index contributed by atoms with van der Waals surface area (Å²) in [7, 11) is 1.69. The average Bonchev–Trinajstić information content (AvgIpc) is 2.81. The third-order valence-electron chi connectivity index (χ3n) is 3.13. The molecule has 0 saturated heterocycles. The number of nitrogens with one attached hydrogen (secondary N) is 1. The van der Waals surface area contributed by atoms with E-state index in [0.717, 1.165) is 33.0 Å². The van der Waals surface area contributed by atoms with E-state index in [0.29, 0.717) is 6.04 Å². The molecule has 0 aliphatic rings. The number of benzene rings is 1. The van der Waals surface area contributed by atoms with Crippen molar-refractivity contribution in [3.05, 3.63) is 33.2 Å². The Balaban J connectivity index is 2.44. The Morgan fingerprint density at radius 3 is 2.85 bits per heavy atom. The highest BCUT2D eigenvalue weighted by molar-refractivity contribution is 9.10. The first-order valence-electron chi connectivity index (χ1n) is 6.61. The van der Waals surface area contributed by atoms with E-state index in [1.807, 2.05) is 12.1 Å². The molecule has 0 bridgehead atoms. The van der Waals surface area contributed by atoms with Crippen LogP contribution in [0, 0.1) is 6.92 Å². The van der Waals surface area contributed by atoms with E-state index in [9.17, 15) is 0 Å². The summed E-state index contributed by atoms with van der Waals surface area (Å²) in [5.41, 5.74) is 2.12. The molecule has 0 saturated carbocycles. The van der Waals surface area contributed by atoms with Crippen LogP contribution in [0.5, 0.6) is 5.75 Å². The first-order valence-corrected chi connectivity index (χ1v) is 8.22. The van der Waals surface area contributed by atoms with E-state index in [4.69, 9.17) is 9.72 Å². The van der Waals surface area contributed by atoms with Crippen LogP contribution in [0.2, 0.25) is 0 Å². The molecule has 1 aromatic heterocycles. The van der Waals surface area contributed by atoms with Gasteiger partial charge in [0.2, 0.25) is 0 Å². The monoisotopic (exact) mass is 354 g/mol. The van der Waals surface area contributed by atoms with Crippen molar-refractivity contribution in [1.29, 1.82) is 0 Å². The number of aryl methyl sites for hydroxylation is 1. The van der Waals surface area contributed by atoms with Gasteiger partial charge < -0.3 is 10.1 Å². The molecule has 0 aliphatic heterocycles. The van der Waals surface area contributed by atoms with Crippen LogP contribution in [0.25, 0.3) is 10.6 Å². The van der Waals surface area contributed by atoms with Gasteiger partial charge in [-0.2, -0.15) is 0 Å². The molecule has 0 amide bonds. The summed E-state index contributed by atoms with van der Waals surface area (Å²) in [5, 5.41) is 4.44. The Morgan fingerprint density at radius 2 is 2.20 bits per heavy atom. The van der Waals surface area contributed by atoms with Crippen LogP contribution in [-0.2, 0) is 0 Å². The number of aromatic nitrogens is 1. The van der Waals surface area contributed by atoms with Crippen molar-refractivity contribution >= 4 is 27.3 Å². The Morgan fingerprint density at radius 1 is 1.45 bits per heavy atom. The topological polar surface area (TPSA) is 34.1 Å². The molecule has 1 unspecified atom stereocenters. The van der Waals surface area contributed by atoms with Crippen molar-refractivity contribution < 1.29 is 4.74 Å². The van der Waals surface area contributed by atoms with Gasteiger partial charge in [0.1, 0.15) is 10.8 Å². The summed E-state index contributed by atoms with van der Waals surface area (Å²) in [6.45, 7) is 7.30. The Labute approximate surface area is 132 Å². The van der Waals surface area contributed by atoms with Gasteiger partial charge >= 0.3 is 0 Å². The van der Waals surface area contributed by atoms with Crippen molar-refractivity contribution in [1.82, 2.24) is 10.3 Å². The third kappa shape index (κ3) is 3.22. The number of hydrogen-bond acceptors (Lipinski definition) is 4. The minimum atomic E-state index is 0.324. The van der Waals surface area contributed by atoms with Gasteiger partial charge in [-0.05, 0) is 38.6 Å². The van der Waals surface area contributed by atoms with Crippen molar-refractivity contribution in [2.75, 3.05) is 13.7 Å². The normalized spacial score (nSPS) is 12.4. The zero-order valence-corrected chi connectivity index (χ0v) is 14.6. The van der Waals surface area contributed by atoms with E-state index in [-0.39, 0.29) is 0 Å². The summed E-state index contributed by atoms with van der Waals surface area (Å²) in [6, 6.07) is 6.32. The molecule has 2 aromatic rings. The highest BCUT2D eigenvalue weighted by atomic mass is 79.9. The van der Waals surface area contributed by atoms with Gasteiger partial charge in [-0.1, -0.05) is 22.9 Å². The predicted octanol–water partition coefficient (Wildman–Crippen LogP) is 4.56. The van der Waals surface area contributed by atoms with Crippen LogP contribution in [0.4, 0.5) is 0 Å². The highest BCUT2D eigenvalue weighted by Crippen LogP contribution is 2.37. The molecule has 20 heavy (non-hydrogen) atoms. The maximum Gasteiger partial charge on any atom is 0.129 e. The molecule has 0 fully saturated rings. The summed E-state index contributed by atoms with van der Waals surface area (Å²) in [4.78, 5) is 5.99. The molecule has 0 spiro atoms. The van der Waals surface area contributed by atoms with Crippen LogP contribution in [0.15, 0.2) is 22.7 Å². The van der Waals surface area contributed by atoms with Crippen LogP contribution in [-0.4, -0.2) is 18.6 Å². The van der Waals surface area contributed by atoms with Gasteiger partial charge in [-0.3, -0.25) is 0 Å². The number of hydrogen-bond donors (Lipinski definition) is 1. The second kappa shape index (κ2) is 6.70. The molecule has 1 heterocycles. The molecule has 0 aliphatic carbocycles. The van der Waals surface area contributed by atoms with Crippen molar-refractivity contribution in [3.63, 3.8) is 0 Å². The molecule has 0 radical (unpaired) electrons. The lowest BCUT2D eigenvalue weighted by atomic mass is 10.2. The van der Waals surface area contributed by atoms with Crippen molar-refractivity contribution in [3.8, 4) is 16.3 Å². The Bertz CT molecular complexity index is 598. The number of methoxy groups -OCH3 is 1. The number of ether oxygens (including phenoxy) is 1. The van der Waals surface area contributed by atoms with Crippen LogP contribution < -0.4 is 10.1 Å².